The fourth-order valence-corrected chi connectivity index (χ4v) is 4.73. The molecule has 0 aromatic heterocycles. The van der Waals surface area contributed by atoms with Crippen LogP contribution < -0.4 is 0 Å². The second-order valence-corrected chi connectivity index (χ2v) is 9.25. The van der Waals surface area contributed by atoms with E-state index in [0.717, 1.165) is 16.5 Å². The van der Waals surface area contributed by atoms with Gasteiger partial charge in [0.2, 0.25) is 15.9 Å². The van der Waals surface area contributed by atoms with Gasteiger partial charge in [-0.15, -0.1) is 0 Å². The Morgan fingerprint density at radius 2 is 1.83 bits per heavy atom. The topological polar surface area (TPSA) is 57.7 Å². The fraction of sp³-hybridized carbons (Fsp3) is 0.562. The zero-order valence-electron chi connectivity index (χ0n) is 13.3. The summed E-state index contributed by atoms with van der Waals surface area (Å²) < 4.78 is 27.8. The molecule has 2 aliphatic rings. The van der Waals surface area contributed by atoms with Gasteiger partial charge in [-0.2, -0.15) is 4.31 Å². The SMILES string of the molecule is Cc1cc(S(=O)(=O)N2CCN(C(=O)[C@@H]3C[C@@H]3C)CC2)ccc1Br. The number of piperazine rings is 1. The first-order valence-electron chi connectivity index (χ1n) is 7.86. The molecular weight excluding hydrogens is 380 g/mol. The molecule has 7 heteroatoms. The summed E-state index contributed by atoms with van der Waals surface area (Å²) in [4.78, 5) is 14.4. The summed E-state index contributed by atoms with van der Waals surface area (Å²) in [7, 11) is -3.49. The van der Waals surface area contributed by atoms with E-state index in [1.54, 1.807) is 18.2 Å². The van der Waals surface area contributed by atoms with Gasteiger partial charge in [0.1, 0.15) is 0 Å². The maximum absolute atomic E-state index is 12.7. The predicted octanol–water partition coefficient (Wildman–Crippen LogP) is 2.25. The van der Waals surface area contributed by atoms with Gasteiger partial charge in [-0.3, -0.25) is 4.79 Å². The molecule has 1 aromatic rings. The minimum absolute atomic E-state index is 0.160. The Balaban J connectivity index is 1.68. The Hall–Kier alpha value is -0.920. The minimum Gasteiger partial charge on any atom is -0.340 e. The summed E-state index contributed by atoms with van der Waals surface area (Å²) in [5, 5.41) is 0. The molecule has 1 aliphatic heterocycles. The van der Waals surface area contributed by atoms with Crippen LogP contribution in [0.25, 0.3) is 0 Å². The summed E-state index contributed by atoms with van der Waals surface area (Å²) in [5.74, 6) is 0.830. The number of carbonyl (C=O) groups is 1. The molecule has 0 spiro atoms. The van der Waals surface area contributed by atoms with Crippen LogP contribution in [0.2, 0.25) is 0 Å². The highest BCUT2D eigenvalue weighted by Crippen LogP contribution is 2.39. The number of hydrogen-bond donors (Lipinski definition) is 0. The molecule has 1 saturated heterocycles. The zero-order valence-corrected chi connectivity index (χ0v) is 15.7. The van der Waals surface area contributed by atoms with Crippen molar-refractivity contribution in [3.8, 4) is 0 Å². The molecule has 1 heterocycles. The van der Waals surface area contributed by atoms with Crippen LogP contribution in [0.3, 0.4) is 0 Å². The molecule has 1 amide bonds. The number of halogens is 1. The maximum atomic E-state index is 12.7. The first-order chi connectivity index (χ1) is 10.8. The normalized spacial score (nSPS) is 25.4. The van der Waals surface area contributed by atoms with E-state index in [-0.39, 0.29) is 11.8 Å². The van der Waals surface area contributed by atoms with Gasteiger partial charge >= 0.3 is 0 Å². The second kappa shape index (κ2) is 6.18. The highest BCUT2D eigenvalue weighted by molar-refractivity contribution is 9.10. The third kappa shape index (κ3) is 3.32. The molecule has 23 heavy (non-hydrogen) atoms. The van der Waals surface area contributed by atoms with Crippen LogP contribution in [0.4, 0.5) is 0 Å². The number of aryl methyl sites for hydroxylation is 1. The van der Waals surface area contributed by atoms with Gasteiger partial charge in [0.05, 0.1) is 4.90 Å². The van der Waals surface area contributed by atoms with E-state index in [1.807, 2.05) is 11.8 Å². The van der Waals surface area contributed by atoms with Crippen molar-refractivity contribution in [3.63, 3.8) is 0 Å². The lowest BCUT2D eigenvalue weighted by Crippen LogP contribution is -2.51. The van der Waals surface area contributed by atoms with Crippen LogP contribution in [0, 0.1) is 18.8 Å². The molecule has 5 nitrogen and oxygen atoms in total. The molecular formula is C16H21BrN2O3S. The summed E-state index contributed by atoms with van der Waals surface area (Å²) in [6.07, 6.45) is 0.968. The Kier molecular flexibility index (Phi) is 4.55. The highest BCUT2D eigenvalue weighted by Gasteiger charge is 2.42. The number of hydrogen-bond acceptors (Lipinski definition) is 3. The summed E-state index contributed by atoms with van der Waals surface area (Å²) >= 11 is 3.39. The summed E-state index contributed by atoms with van der Waals surface area (Å²) in [5.41, 5.74) is 0.891. The van der Waals surface area contributed by atoms with Crippen molar-refractivity contribution >= 4 is 31.9 Å². The number of amides is 1. The van der Waals surface area contributed by atoms with Crippen molar-refractivity contribution in [2.45, 2.75) is 25.2 Å². The van der Waals surface area contributed by atoms with Gasteiger partial charge < -0.3 is 4.90 Å². The number of rotatable bonds is 3. The van der Waals surface area contributed by atoms with Crippen molar-refractivity contribution in [2.24, 2.45) is 11.8 Å². The largest absolute Gasteiger partial charge is 0.340 e. The lowest BCUT2D eigenvalue weighted by molar-refractivity contribution is -0.134. The molecule has 1 aliphatic carbocycles. The highest BCUT2D eigenvalue weighted by atomic mass is 79.9. The van der Waals surface area contributed by atoms with Gasteiger partial charge in [0.15, 0.2) is 0 Å². The average molecular weight is 401 g/mol. The van der Waals surface area contributed by atoms with Gasteiger partial charge in [0, 0.05) is 36.6 Å². The van der Waals surface area contributed by atoms with Crippen molar-refractivity contribution < 1.29 is 13.2 Å². The molecule has 0 radical (unpaired) electrons. The van der Waals surface area contributed by atoms with Gasteiger partial charge in [-0.1, -0.05) is 22.9 Å². The van der Waals surface area contributed by atoms with Crippen molar-refractivity contribution in [2.75, 3.05) is 26.2 Å². The molecule has 2 atom stereocenters. The molecule has 0 unspecified atom stereocenters. The standard InChI is InChI=1S/C16H21BrN2O3S/c1-11-10-14(11)16(20)18-5-7-19(8-6-18)23(21,22)13-3-4-15(17)12(2)9-13/h3-4,9,11,14H,5-8,10H2,1-2H3/t11-,14+/m0/s1. The van der Waals surface area contributed by atoms with Crippen LogP contribution in [-0.2, 0) is 14.8 Å². The smallest absolute Gasteiger partial charge is 0.243 e. The van der Waals surface area contributed by atoms with Crippen molar-refractivity contribution in [1.29, 1.82) is 0 Å². The Morgan fingerprint density at radius 1 is 1.22 bits per heavy atom. The van der Waals surface area contributed by atoms with E-state index in [1.165, 1.54) is 4.31 Å². The first-order valence-corrected chi connectivity index (χ1v) is 10.1. The van der Waals surface area contributed by atoms with Crippen LogP contribution in [0.15, 0.2) is 27.6 Å². The van der Waals surface area contributed by atoms with Gasteiger partial charge in [-0.25, -0.2) is 8.42 Å². The van der Waals surface area contributed by atoms with Gasteiger partial charge in [0.25, 0.3) is 0 Å². The Labute approximate surface area is 145 Å². The zero-order chi connectivity index (χ0) is 16.8. The molecule has 0 bridgehead atoms. The molecule has 2 fully saturated rings. The van der Waals surface area contributed by atoms with Crippen molar-refractivity contribution in [3.05, 3.63) is 28.2 Å². The Bertz CT molecular complexity index is 727. The van der Waals surface area contributed by atoms with E-state index in [4.69, 9.17) is 0 Å². The van der Waals surface area contributed by atoms with E-state index in [0.29, 0.717) is 37.0 Å². The van der Waals surface area contributed by atoms with Gasteiger partial charge in [-0.05, 0) is 43.0 Å². The van der Waals surface area contributed by atoms with E-state index in [9.17, 15) is 13.2 Å². The number of sulfonamides is 1. The van der Waals surface area contributed by atoms with E-state index in [2.05, 4.69) is 22.9 Å². The monoisotopic (exact) mass is 400 g/mol. The maximum Gasteiger partial charge on any atom is 0.243 e. The van der Waals surface area contributed by atoms with E-state index < -0.39 is 10.0 Å². The minimum atomic E-state index is -3.49. The van der Waals surface area contributed by atoms with E-state index >= 15 is 0 Å². The number of carbonyl (C=O) groups excluding carboxylic acids is 1. The van der Waals surface area contributed by atoms with Crippen LogP contribution in [-0.4, -0.2) is 49.7 Å². The van der Waals surface area contributed by atoms with Crippen LogP contribution in [0.5, 0.6) is 0 Å². The number of benzene rings is 1. The third-order valence-corrected chi connectivity index (χ3v) is 7.53. The number of nitrogens with zero attached hydrogens (tertiary/aromatic N) is 2. The molecule has 1 aromatic carbocycles. The third-order valence-electron chi connectivity index (χ3n) is 4.74. The van der Waals surface area contributed by atoms with Crippen LogP contribution in [0.1, 0.15) is 18.9 Å². The lowest BCUT2D eigenvalue weighted by atomic mass is 10.2. The fourth-order valence-electron chi connectivity index (χ4n) is 2.98. The molecule has 3 rings (SSSR count). The molecule has 126 valence electrons. The average Bonchev–Trinajstić information content (AvgIpc) is 3.26. The summed E-state index contributed by atoms with van der Waals surface area (Å²) in [6.45, 7) is 5.65. The Morgan fingerprint density at radius 3 is 2.35 bits per heavy atom. The predicted molar refractivity (Wildman–Crippen MR) is 91.5 cm³/mol. The van der Waals surface area contributed by atoms with Crippen LogP contribution >= 0.6 is 15.9 Å². The first kappa shape index (κ1) is 16.9. The summed E-state index contributed by atoms with van der Waals surface area (Å²) in [6, 6.07) is 5.06. The lowest BCUT2D eigenvalue weighted by Gasteiger charge is -2.34. The second-order valence-electron chi connectivity index (χ2n) is 6.46. The quantitative estimate of drug-likeness (QED) is 0.781. The molecule has 1 saturated carbocycles. The van der Waals surface area contributed by atoms with Crippen molar-refractivity contribution in [1.82, 2.24) is 9.21 Å². The molecule has 0 N–H and O–H groups in total.